The van der Waals surface area contributed by atoms with E-state index >= 15 is 0 Å². The second-order valence-electron chi connectivity index (χ2n) is 10.7. The number of aliphatic hydroxyl groups excluding tert-OH is 1. The van der Waals surface area contributed by atoms with E-state index in [2.05, 4.69) is 29.1 Å². The minimum atomic E-state index is -0.953. The van der Waals surface area contributed by atoms with E-state index in [0.717, 1.165) is 0 Å². The molecule has 2 bridgehead atoms. The van der Waals surface area contributed by atoms with Crippen LogP contribution in [0.15, 0.2) is 79.9 Å². The normalized spacial score (nSPS) is 28.7. The third-order valence-electron chi connectivity index (χ3n) is 8.44. The Bertz CT molecular complexity index is 1360. The monoisotopic (exact) mass is 657 g/mol. The van der Waals surface area contributed by atoms with Crippen molar-refractivity contribution in [3.8, 4) is 0 Å². The molecule has 0 radical (unpaired) electrons. The quantitative estimate of drug-likeness (QED) is 0.296. The van der Waals surface area contributed by atoms with Crippen LogP contribution in [-0.4, -0.2) is 80.2 Å². The van der Waals surface area contributed by atoms with Crippen molar-refractivity contribution in [1.82, 2.24) is 9.80 Å². The van der Waals surface area contributed by atoms with E-state index in [4.69, 9.17) is 11.6 Å². The van der Waals surface area contributed by atoms with Crippen molar-refractivity contribution in [2.75, 3.05) is 31.6 Å². The second kappa shape index (κ2) is 12.0. The number of benzene rings is 2. The average Bonchev–Trinajstić information content (AvgIpc) is 3.56. The molecule has 3 unspecified atom stereocenters. The SMILES string of the molecule is C=CCN(C)C(=O)[C@H]1[C@H]2C(=O)N([C@H](CO)c3ccccc3)C(C(=O)N(CC=C)c3ccccc3Cl)C23CC(Br)[C@@H]1S3. The highest BCUT2D eigenvalue weighted by Gasteiger charge is 2.76. The summed E-state index contributed by atoms with van der Waals surface area (Å²) in [6, 6.07) is 14.6. The molecule has 7 nitrogen and oxygen atoms in total. The number of fused-ring (bicyclic) bond motifs is 1. The Kier molecular flexibility index (Phi) is 8.71. The summed E-state index contributed by atoms with van der Waals surface area (Å²) in [5.74, 6) is -2.10. The molecule has 3 heterocycles. The first kappa shape index (κ1) is 29.9. The van der Waals surface area contributed by atoms with Crippen LogP contribution in [0, 0.1) is 11.8 Å². The number of rotatable bonds is 10. The van der Waals surface area contributed by atoms with E-state index in [1.54, 1.807) is 69.9 Å². The Morgan fingerprint density at radius 3 is 2.44 bits per heavy atom. The molecule has 3 saturated heterocycles. The Balaban J connectivity index is 1.68. The van der Waals surface area contributed by atoms with Gasteiger partial charge < -0.3 is 19.8 Å². The van der Waals surface area contributed by atoms with E-state index < -0.39 is 28.7 Å². The highest BCUT2D eigenvalue weighted by Crippen LogP contribution is 2.68. The molecule has 3 fully saturated rings. The summed E-state index contributed by atoms with van der Waals surface area (Å²) in [6.45, 7) is 7.77. The highest BCUT2D eigenvalue weighted by atomic mass is 79.9. The minimum Gasteiger partial charge on any atom is -0.394 e. The van der Waals surface area contributed by atoms with Gasteiger partial charge in [-0.25, -0.2) is 0 Å². The number of nitrogens with zero attached hydrogens (tertiary/aromatic N) is 3. The van der Waals surface area contributed by atoms with Gasteiger partial charge in [0, 0.05) is 30.2 Å². The summed E-state index contributed by atoms with van der Waals surface area (Å²) >= 11 is 11.9. The first-order chi connectivity index (χ1) is 19.7. The predicted octanol–water partition coefficient (Wildman–Crippen LogP) is 4.70. The smallest absolute Gasteiger partial charge is 0.251 e. The first-order valence-electron chi connectivity index (χ1n) is 13.5. The zero-order chi connectivity index (χ0) is 29.5. The van der Waals surface area contributed by atoms with E-state index in [1.807, 2.05) is 30.3 Å². The molecule has 1 spiro atoms. The number of thioether (sulfide) groups is 1. The lowest BCUT2D eigenvalue weighted by molar-refractivity contribution is -0.144. The summed E-state index contributed by atoms with van der Waals surface area (Å²) in [4.78, 5) is 48.0. The molecule has 0 saturated carbocycles. The van der Waals surface area contributed by atoms with Gasteiger partial charge in [-0.1, -0.05) is 82.1 Å². The van der Waals surface area contributed by atoms with Crippen molar-refractivity contribution in [3.05, 3.63) is 90.5 Å². The Labute approximate surface area is 258 Å². The maximum absolute atomic E-state index is 14.8. The summed E-state index contributed by atoms with van der Waals surface area (Å²) in [7, 11) is 1.71. The lowest BCUT2D eigenvalue weighted by Gasteiger charge is -2.40. The van der Waals surface area contributed by atoms with Crippen LogP contribution < -0.4 is 4.90 Å². The van der Waals surface area contributed by atoms with Gasteiger partial charge in [-0.3, -0.25) is 14.4 Å². The predicted molar refractivity (Wildman–Crippen MR) is 167 cm³/mol. The molecular formula is C31H33BrClN3O4S. The Morgan fingerprint density at radius 1 is 1.15 bits per heavy atom. The second-order valence-corrected chi connectivity index (χ2v) is 13.8. The molecule has 1 N–H and O–H groups in total. The van der Waals surface area contributed by atoms with Crippen molar-refractivity contribution < 1.29 is 19.5 Å². The van der Waals surface area contributed by atoms with Gasteiger partial charge in [0.15, 0.2) is 0 Å². The number of anilines is 1. The van der Waals surface area contributed by atoms with E-state index in [0.29, 0.717) is 29.2 Å². The molecule has 0 aliphatic carbocycles. The fraction of sp³-hybridized carbons (Fsp3) is 0.387. The van der Waals surface area contributed by atoms with Crippen LogP contribution in [-0.2, 0) is 14.4 Å². The van der Waals surface area contributed by atoms with Gasteiger partial charge in [0.2, 0.25) is 11.8 Å². The highest BCUT2D eigenvalue weighted by molar-refractivity contribution is 9.09. The number of carbonyl (C=O) groups is 3. The van der Waals surface area contributed by atoms with E-state index in [-0.39, 0.29) is 41.0 Å². The van der Waals surface area contributed by atoms with Crippen molar-refractivity contribution in [1.29, 1.82) is 0 Å². The fourth-order valence-electron chi connectivity index (χ4n) is 6.79. The number of hydrogen-bond donors (Lipinski definition) is 1. The average molecular weight is 659 g/mol. The van der Waals surface area contributed by atoms with Crippen LogP contribution in [0.5, 0.6) is 0 Å². The van der Waals surface area contributed by atoms with Gasteiger partial charge in [-0.15, -0.1) is 24.9 Å². The van der Waals surface area contributed by atoms with Gasteiger partial charge >= 0.3 is 0 Å². The largest absolute Gasteiger partial charge is 0.394 e. The topological polar surface area (TPSA) is 81.2 Å². The van der Waals surface area contributed by atoms with Gasteiger partial charge in [-0.05, 0) is 24.1 Å². The number of alkyl halides is 1. The minimum absolute atomic E-state index is 0.0737. The standard InChI is InChI=1S/C31H33BrClN3O4S/c1-4-15-34(3)28(38)24-25-29(39)36(23(18-37)19-11-7-6-8-12-19)27(31(25)17-20(32)26(24)41-31)30(40)35(16-5-2)22-14-10-9-13-21(22)33/h4-14,20,23-27,37H,1-2,15-18H2,3H3/t20?,23-,24+,25+,26+,27?,31?/m1/s1. The fourth-order valence-corrected chi connectivity index (χ4v) is 10.6. The van der Waals surface area contributed by atoms with Gasteiger partial charge in [0.1, 0.15) is 6.04 Å². The van der Waals surface area contributed by atoms with Crippen molar-refractivity contribution in [2.24, 2.45) is 11.8 Å². The maximum Gasteiger partial charge on any atom is 0.251 e. The molecule has 3 aliphatic rings. The van der Waals surface area contributed by atoms with Gasteiger partial charge in [0.25, 0.3) is 5.91 Å². The molecular weight excluding hydrogens is 626 g/mol. The molecule has 41 heavy (non-hydrogen) atoms. The Hall–Kier alpha value is -2.59. The lowest BCUT2D eigenvalue weighted by atomic mass is 9.70. The van der Waals surface area contributed by atoms with Crippen LogP contribution >= 0.6 is 39.3 Å². The van der Waals surface area contributed by atoms with E-state index in [9.17, 15) is 19.5 Å². The van der Waals surface area contributed by atoms with Gasteiger partial charge in [0.05, 0.1) is 39.9 Å². The third kappa shape index (κ3) is 4.84. The molecule has 0 aromatic heterocycles. The molecule has 10 heteroatoms. The Morgan fingerprint density at radius 2 is 1.80 bits per heavy atom. The summed E-state index contributed by atoms with van der Waals surface area (Å²) in [5, 5.41) is 10.9. The number of carbonyl (C=O) groups excluding carboxylic acids is 3. The molecule has 216 valence electrons. The zero-order valence-corrected chi connectivity index (χ0v) is 25.9. The first-order valence-corrected chi connectivity index (χ1v) is 15.7. The molecule has 2 aromatic rings. The van der Waals surface area contributed by atoms with Crippen molar-refractivity contribution in [2.45, 2.75) is 33.3 Å². The van der Waals surface area contributed by atoms with Crippen molar-refractivity contribution in [3.63, 3.8) is 0 Å². The molecule has 5 rings (SSSR count). The summed E-state index contributed by atoms with van der Waals surface area (Å²) in [5.41, 5.74) is 1.23. The molecule has 7 atom stereocenters. The summed E-state index contributed by atoms with van der Waals surface area (Å²) in [6.07, 6.45) is 3.81. The molecule has 2 aromatic carbocycles. The number of aliphatic hydroxyl groups is 1. The van der Waals surface area contributed by atoms with Crippen LogP contribution in [0.1, 0.15) is 18.0 Å². The van der Waals surface area contributed by atoms with Crippen molar-refractivity contribution >= 4 is 62.7 Å². The lowest BCUT2D eigenvalue weighted by Crippen LogP contribution is -2.56. The number of para-hydroxylation sites is 1. The molecule has 3 aliphatic heterocycles. The molecule has 3 amide bonds. The third-order valence-corrected chi connectivity index (χ3v) is 12.0. The van der Waals surface area contributed by atoms with Gasteiger partial charge in [-0.2, -0.15) is 0 Å². The number of likely N-dealkylation sites (tertiary alicyclic amines) is 1. The van der Waals surface area contributed by atoms with E-state index in [1.165, 1.54) is 0 Å². The van der Waals surface area contributed by atoms with Crippen LogP contribution in [0.2, 0.25) is 5.02 Å². The number of likely N-dealkylation sites (N-methyl/N-ethyl adjacent to an activating group) is 1. The zero-order valence-electron chi connectivity index (χ0n) is 22.7. The van der Waals surface area contributed by atoms with Crippen LogP contribution in [0.3, 0.4) is 0 Å². The van der Waals surface area contributed by atoms with Crippen LogP contribution in [0.4, 0.5) is 5.69 Å². The maximum atomic E-state index is 14.8. The number of hydrogen-bond acceptors (Lipinski definition) is 5. The number of amides is 3. The summed E-state index contributed by atoms with van der Waals surface area (Å²) < 4.78 is -0.884. The van der Waals surface area contributed by atoms with Crippen LogP contribution in [0.25, 0.3) is 0 Å². The number of halogens is 2.